The number of carbonyl (C=O) groups is 1. The van der Waals surface area contributed by atoms with Crippen LogP contribution in [0.15, 0.2) is 24.3 Å². The zero-order valence-electron chi connectivity index (χ0n) is 12.7. The quantitative estimate of drug-likeness (QED) is 0.710. The van der Waals surface area contributed by atoms with E-state index in [4.69, 9.17) is 4.74 Å². The minimum atomic E-state index is -0.674. The molecule has 0 aliphatic heterocycles. The van der Waals surface area contributed by atoms with Gasteiger partial charge in [0.15, 0.2) is 0 Å². The summed E-state index contributed by atoms with van der Waals surface area (Å²) < 4.78 is 4.81. The fourth-order valence-corrected chi connectivity index (χ4v) is 2.63. The monoisotopic (exact) mass is 292 g/mol. The normalized spacial score (nSPS) is 17.1. The summed E-state index contributed by atoms with van der Waals surface area (Å²) in [4.78, 5) is 11.8. The van der Waals surface area contributed by atoms with E-state index in [2.05, 4.69) is 29.7 Å². The van der Waals surface area contributed by atoms with Gasteiger partial charge in [0.1, 0.15) is 0 Å². The van der Waals surface area contributed by atoms with Crippen LogP contribution in [0.3, 0.4) is 0 Å². The SMILES string of the molecule is COCC(O)CNC(=O)NCC1(c2ccccc2C)CC1. The van der Waals surface area contributed by atoms with Crippen LogP contribution < -0.4 is 10.6 Å². The maximum atomic E-state index is 11.8. The first kappa shape index (κ1) is 15.8. The molecule has 1 unspecified atom stereocenters. The summed E-state index contributed by atoms with van der Waals surface area (Å²) in [5.74, 6) is 0. The number of nitrogens with one attached hydrogen (secondary N) is 2. The molecule has 116 valence electrons. The van der Waals surface area contributed by atoms with Gasteiger partial charge in [0.05, 0.1) is 12.7 Å². The molecule has 1 aromatic rings. The number of hydrogen-bond acceptors (Lipinski definition) is 3. The lowest BCUT2D eigenvalue weighted by Gasteiger charge is -2.19. The Morgan fingerprint density at radius 3 is 2.71 bits per heavy atom. The zero-order chi connectivity index (χ0) is 15.3. The van der Waals surface area contributed by atoms with Crippen LogP contribution in [0, 0.1) is 6.92 Å². The molecule has 5 heteroatoms. The minimum absolute atomic E-state index is 0.0911. The van der Waals surface area contributed by atoms with Crippen LogP contribution in [0.4, 0.5) is 4.79 Å². The number of carbonyl (C=O) groups excluding carboxylic acids is 1. The fraction of sp³-hybridized carbons (Fsp3) is 0.562. The summed E-state index contributed by atoms with van der Waals surface area (Å²) in [6, 6.07) is 8.08. The predicted molar refractivity (Wildman–Crippen MR) is 81.4 cm³/mol. The van der Waals surface area contributed by atoms with Crippen molar-refractivity contribution in [2.75, 3.05) is 26.8 Å². The Hall–Kier alpha value is -1.59. The number of rotatable bonds is 7. The Balaban J connectivity index is 1.80. The van der Waals surface area contributed by atoms with Gasteiger partial charge in [-0.2, -0.15) is 0 Å². The molecule has 1 saturated carbocycles. The van der Waals surface area contributed by atoms with Crippen molar-refractivity contribution in [2.45, 2.75) is 31.3 Å². The van der Waals surface area contributed by atoms with Gasteiger partial charge < -0.3 is 20.5 Å². The summed E-state index contributed by atoms with van der Waals surface area (Å²) >= 11 is 0. The summed E-state index contributed by atoms with van der Waals surface area (Å²) in [5, 5.41) is 15.0. The molecule has 21 heavy (non-hydrogen) atoms. The van der Waals surface area contributed by atoms with Gasteiger partial charge in [-0.1, -0.05) is 24.3 Å². The molecule has 3 N–H and O–H groups in total. The average Bonchev–Trinajstić information content (AvgIpc) is 3.25. The zero-order valence-corrected chi connectivity index (χ0v) is 12.7. The van der Waals surface area contributed by atoms with E-state index in [-0.39, 0.29) is 24.6 Å². The number of urea groups is 1. The number of hydrogen-bond donors (Lipinski definition) is 3. The molecule has 5 nitrogen and oxygen atoms in total. The molecule has 0 spiro atoms. The lowest BCUT2D eigenvalue weighted by atomic mass is 9.92. The third-order valence-corrected chi connectivity index (χ3v) is 4.01. The van der Waals surface area contributed by atoms with Gasteiger partial charge in [0.25, 0.3) is 0 Å². The van der Waals surface area contributed by atoms with E-state index in [0.29, 0.717) is 6.54 Å². The van der Waals surface area contributed by atoms with Crippen molar-refractivity contribution in [3.63, 3.8) is 0 Å². The third-order valence-electron chi connectivity index (χ3n) is 4.01. The average molecular weight is 292 g/mol. The van der Waals surface area contributed by atoms with Gasteiger partial charge in [-0.15, -0.1) is 0 Å². The van der Waals surface area contributed by atoms with Crippen LogP contribution in [-0.2, 0) is 10.2 Å². The molecule has 2 amide bonds. The van der Waals surface area contributed by atoms with Crippen LogP contribution in [-0.4, -0.2) is 44.0 Å². The van der Waals surface area contributed by atoms with Crippen LogP contribution in [0.25, 0.3) is 0 Å². The van der Waals surface area contributed by atoms with E-state index >= 15 is 0 Å². The van der Waals surface area contributed by atoms with E-state index in [0.717, 1.165) is 12.8 Å². The first-order valence-corrected chi connectivity index (χ1v) is 7.32. The Bertz CT molecular complexity index is 486. The summed E-state index contributed by atoms with van der Waals surface area (Å²) in [6.45, 7) is 3.14. The molecule has 0 radical (unpaired) electrons. The molecule has 1 aliphatic carbocycles. The second-order valence-corrected chi connectivity index (χ2v) is 5.77. The number of aliphatic hydroxyl groups excluding tert-OH is 1. The maximum Gasteiger partial charge on any atom is 0.314 e. The van der Waals surface area contributed by atoms with Crippen LogP contribution in [0.1, 0.15) is 24.0 Å². The lowest BCUT2D eigenvalue weighted by Crippen LogP contribution is -2.43. The topological polar surface area (TPSA) is 70.6 Å². The Morgan fingerprint density at radius 1 is 1.38 bits per heavy atom. The number of aryl methyl sites for hydroxylation is 1. The van der Waals surface area contributed by atoms with Crippen molar-refractivity contribution in [1.29, 1.82) is 0 Å². The molecule has 0 bridgehead atoms. The number of methoxy groups -OCH3 is 1. The van der Waals surface area contributed by atoms with Crippen LogP contribution in [0.5, 0.6) is 0 Å². The first-order valence-electron chi connectivity index (χ1n) is 7.32. The van der Waals surface area contributed by atoms with Crippen molar-refractivity contribution in [3.05, 3.63) is 35.4 Å². The second kappa shape index (κ2) is 6.91. The molecular formula is C16H24N2O3. The van der Waals surface area contributed by atoms with Crippen molar-refractivity contribution >= 4 is 6.03 Å². The number of benzene rings is 1. The van der Waals surface area contributed by atoms with Gasteiger partial charge in [0, 0.05) is 25.6 Å². The number of ether oxygens (including phenoxy) is 1. The lowest BCUT2D eigenvalue weighted by molar-refractivity contribution is 0.0659. The van der Waals surface area contributed by atoms with Crippen molar-refractivity contribution in [1.82, 2.24) is 10.6 Å². The first-order chi connectivity index (χ1) is 10.1. The van der Waals surface area contributed by atoms with Crippen molar-refractivity contribution in [3.8, 4) is 0 Å². The Labute approximate surface area is 125 Å². The standard InChI is InChI=1S/C16H24N2O3/c1-12-5-3-4-6-14(12)16(7-8-16)11-18-15(20)17-9-13(19)10-21-2/h3-6,13,19H,7-11H2,1-2H3,(H2,17,18,20). The predicted octanol–water partition coefficient (Wildman–Crippen LogP) is 1.33. The second-order valence-electron chi connectivity index (χ2n) is 5.77. The highest BCUT2D eigenvalue weighted by atomic mass is 16.5. The number of aliphatic hydroxyl groups is 1. The molecule has 1 aromatic carbocycles. The van der Waals surface area contributed by atoms with Gasteiger partial charge in [0.2, 0.25) is 0 Å². The van der Waals surface area contributed by atoms with E-state index in [1.54, 1.807) is 0 Å². The van der Waals surface area contributed by atoms with Gasteiger partial charge in [-0.3, -0.25) is 0 Å². The maximum absolute atomic E-state index is 11.8. The van der Waals surface area contributed by atoms with E-state index in [1.807, 2.05) is 12.1 Å². The Morgan fingerprint density at radius 2 is 2.10 bits per heavy atom. The van der Waals surface area contributed by atoms with Crippen LogP contribution >= 0.6 is 0 Å². The third kappa shape index (κ3) is 4.19. The largest absolute Gasteiger partial charge is 0.389 e. The highest BCUT2D eigenvalue weighted by Crippen LogP contribution is 2.48. The summed E-state index contributed by atoms with van der Waals surface area (Å²) in [7, 11) is 1.52. The molecule has 2 rings (SSSR count). The van der Waals surface area contributed by atoms with Crippen molar-refractivity contribution in [2.24, 2.45) is 0 Å². The number of amides is 2. The smallest absolute Gasteiger partial charge is 0.314 e. The highest BCUT2D eigenvalue weighted by molar-refractivity contribution is 5.74. The minimum Gasteiger partial charge on any atom is -0.389 e. The molecule has 0 saturated heterocycles. The van der Waals surface area contributed by atoms with E-state index in [9.17, 15) is 9.90 Å². The van der Waals surface area contributed by atoms with Gasteiger partial charge in [-0.25, -0.2) is 4.79 Å². The molecular weight excluding hydrogens is 268 g/mol. The highest BCUT2D eigenvalue weighted by Gasteiger charge is 2.45. The van der Waals surface area contributed by atoms with Crippen LogP contribution in [0.2, 0.25) is 0 Å². The van der Waals surface area contributed by atoms with Gasteiger partial charge >= 0.3 is 6.03 Å². The molecule has 1 atom stereocenters. The summed E-state index contributed by atoms with van der Waals surface area (Å²) in [5.41, 5.74) is 2.69. The Kier molecular flexibility index (Phi) is 5.20. The molecule has 0 heterocycles. The van der Waals surface area contributed by atoms with Crippen molar-refractivity contribution < 1.29 is 14.6 Å². The molecule has 1 aliphatic rings. The fourth-order valence-electron chi connectivity index (χ4n) is 2.63. The molecule has 1 fully saturated rings. The van der Waals surface area contributed by atoms with Gasteiger partial charge in [-0.05, 0) is 30.9 Å². The van der Waals surface area contributed by atoms with E-state index in [1.165, 1.54) is 18.2 Å². The summed E-state index contributed by atoms with van der Waals surface area (Å²) in [6.07, 6.45) is 1.53. The molecule has 0 aromatic heterocycles. The van der Waals surface area contributed by atoms with E-state index < -0.39 is 6.10 Å².